The van der Waals surface area contributed by atoms with Gasteiger partial charge in [-0.2, -0.15) is 0 Å². The molecule has 108 valence electrons. The van der Waals surface area contributed by atoms with Crippen LogP contribution in [0.5, 0.6) is 0 Å². The summed E-state index contributed by atoms with van der Waals surface area (Å²) in [5.74, 6) is -0.0715. The van der Waals surface area contributed by atoms with E-state index in [2.05, 4.69) is 0 Å². The molecule has 1 saturated carbocycles. The highest BCUT2D eigenvalue weighted by Crippen LogP contribution is 2.45. The largest absolute Gasteiger partial charge is 0.480 e. The zero-order valence-electron chi connectivity index (χ0n) is 11.2. The van der Waals surface area contributed by atoms with E-state index in [-0.39, 0.29) is 17.9 Å². The van der Waals surface area contributed by atoms with E-state index in [0.717, 1.165) is 12.8 Å². The van der Waals surface area contributed by atoms with E-state index in [0.29, 0.717) is 11.7 Å². The first kappa shape index (κ1) is 14.5. The maximum absolute atomic E-state index is 12.4. The SMILES string of the molecule is CC(O)CN(C)C(=O)N1C(C(=O)O)CSC1C1CC1. The molecule has 3 unspecified atom stereocenters. The first-order chi connectivity index (χ1) is 8.91. The molecule has 0 aromatic carbocycles. The molecule has 19 heavy (non-hydrogen) atoms. The lowest BCUT2D eigenvalue weighted by Crippen LogP contribution is -2.52. The summed E-state index contributed by atoms with van der Waals surface area (Å²) in [4.78, 5) is 26.6. The van der Waals surface area contributed by atoms with Crippen molar-refractivity contribution in [2.24, 2.45) is 5.92 Å². The zero-order chi connectivity index (χ0) is 14.2. The molecular weight excluding hydrogens is 268 g/mol. The number of nitrogens with zero attached hydrogens (tertiary/aromatic N) is 2. The van der Waals surface area contributed by atoms with Crippen molar-refractivity contribution >= 4 is 23.8 Å². The fourth-order valence-corrected chi connectivity index (χ4v) is 4.00. The summed E-state index contributed by atoms with van der Waals surface area (Å²) in [5, 5.41) is 18.6. The Morgan fingerprint density at radius 2 is 2.11 bits per heavy atom. The van der Waals surface area contributed by atoms with Gasteiger partial charge in [-0.05, 0) is 25.7 Å². The normalized spacial score (nSPS) is 28.3. The van der Waals surface area contributed by atoms with Crippen molar-refractivity contribution in [3.8, 4) is 0 Å². The van der Waals surface area contributed by atoms with Crippen LogP contribution in [-0.2, 0) is 4.79 Å². The highest BCUT2D eigenvalue weighted by atomic mass is 32.2. The number of thioether (sulfide) groups is 1. The minimum absolute atomic E-state index is 0.0231. The summed E-state index contributed by atoms with van der Waals surface area (Å²) in [6.45, 7) is 1.82. The van der Waals surface area contributed by atoms with Crippen LogP contribution in [0.4, 0.5) is 4.79 Å². The second-order valence-electron chi connectivity index (χ2n) is 5.33. The second-order valence-corrected chi connectivity index (χ2v) is 6.48. The number of urea groups is 1. The Morgan fingerprint density at radius 1 is 1.47 bits per heavy atom. The molecule has 0 aromatic heterocycles. The summed E-state index contributed by atoms with van der Waals surface area (Å²) < 4.78 is 0. The number of carbonyl (C=O) groups excluding carboxylic acids is 1. The average molecular weight is 288 g/mol. The number of amides is 2. The first-order valence-electron chi connectivity index (χ1n) is 6.47. The van der Waals surface area contributed by atoms with Crippen LogP contribution in [0.2, 0.25) is 0 Å². The van der Waals surface area contributed by atoms with Gasteiger partial charge in [0.1, 0.15) is 6.04 Å². The maximum atomic E-state index is 12.4. The molecule has 2 fully saturated rings. The highest BCUT2D eigenvalue weighted by molar-refractivity contribution is 8.00. The molecule has 1 saturated heterocycles. The minimum Gasteiger partial charge on any atom is -0.480 e. The lowest BCUT2D eigenvalue weighted by Gasteiger charge is -2.32. The van der Waals surface area contributed by atoms with Crippen molar-refractivity contribution < 1.29 is 19.8 Å². The molecule has 3 atom stereocenters. The van der Waals surface area contributed by atoms with E-state index < -0.39 is 18.1 Å². The lowest BCUT2D eigenvalue weighted by atomic mass is 10.2. The van der Waals surface area contributed by atoms with Gasteiger partial charge in [0.2, 0.25) is 0 Å². The number of hydrogen-bond donors (Lipinski definition) is 2. The minimum atomic E-state index is -0.950. The van der Waals surface area contributed by atoms with Crippen molar-refractivity contribution in [3.63, 3.8) is 0 Å². The number of carboxylic acid groups (broad SMARTS) is 1. The summed E-state index contributed by atoms with van der Waals surface area (Å²) in [5.41, 5.74) is 0. The molecule has 0 spiro atoms. The fourth-order valence-electron chi connectivity index (χ4n) is 2.38. The average Bonchev–Trinajstić information content (AvgIpc) is 3.05. The molecule has 2 aliphatic rings. The van der Waals surface area contributed by atoms with Crippen molar-refractivity contribution in [1.29, 1.82) is 0 Å². The van der Waals surface area contributed by atoms with Gasteiger partial charge in [0.25, 0.3) is 0 Å². The van der Waals surface area contributed by atoms with Gasteiger partial charge >= 0.3 is 12.0 Å². The lowest BCUT2D eigenvalue weighted by molar-refractivity contribution is -0.141. The van der Waals surface area contributed by atoms with Gasteiger partial charge in [0.05, 0.1) is 11.5 Å². The highest BCUT2D eigenvalue weighted by Gasteiger charge is 2.48. The molecule has 1 heterocycles. The van der Waals surface area contributed by atoms with E-state index in [1.807, 2.05) is 0 Å². The van der Waals surface area contributed by atoms with Crippen LogP contribution in [-0.4, -0.2) is 68.9 Å². The monoisotopic (exact) mass is 288 g/mol. The number of likely N-dealkylation sites (N-methyl/N-ethyl adjacent to an activating group) is 1. The number of rotatable bonds is 4. The summed E-state index contributed by atoms with van der Waals surface area (Å²) in [6.07, 6.45) is 1.51. The van der Waals surface area contributed by atoms with E-state index in [4.69, 9.17) is 0 Å². The Labute approximate surface area is 116 Å². The van der Waals surface area contributed by atoms with Crippen LogP contribution in [0.15, 0.2) is 0 Å². The van der Waals surface area contributed by atoms with Gasteiger partial charge in [0.15, 0.2) is 0 Å². The van der Waals surface area contributed by atoms with E-state index in [1.165, 1.54) is 9.80 Å². The molecular formula is C12H20N2O4S. The maximum Gasteiger partial charge on any atom is 0.327 e. The molecule has 0 radical (unpaired) electrons. The van der Waals surface area contributed by atoms with Crippen LogP contribution in [0.1, 0.15) is 19.8 Å². The summed E-state index contributed by atoms with van der Waals surface area (Å²) >= 11 is 1.56. The summed E-state index contributed by atoms with van der Waals surface area (Å²) in [6, 6.07) is -1.05. The molecule has 2 amide bonds. The number of aliphatic hydroxyl groups is 1. The Hall–Kier alpha value is -0.950. The van der Waals surface area contributed by atoms with E-state index in [1.54, 1.807) is 25.7 Å². The van der Waals surface area contributed by atoms with E-state index >= 15 is 0 Å². The van der Waals surface area contributed by atoms with Crippen LogP contribution in [0.25, 0.3) is 0 Å². The molecule has 1 aliphatic carbocycles. The smallest absolute Gasteiger partial charge is 0.327 e. The van der Waals surface area contributed by atoms with Gasteiger partial charge in [0, 0.05) is 19.3 Å². The van der Waals surface area contributed by atoms with Gasteiger partial charge in [-0.15, -0.1) is 11.8 Å². The van der Waals surface area contributed by atoms with Crippen molar-refractivity contribution in [1.82, 2.24) is 9.80 Å². The number of aliphatic carboxylic acids is 1. The van der Waals surface area contributed by atoms with Crippen LogP contribution in [0, 0.1) is 5.92 Å². The fraction of sp³-hybridized carbons (Fsp3) is 0.833. The third-order valence-corrected chi connectivity index (χ3v) is 4.89. The van der Waals surface area contributed by atoms with Gasteiger partial charge in [-0.1, -0.05) is 0 Å². The number of hydrogen-bond acceptors (Lipinski definition) is 4. The second kappa shape index (κ2) is 5.58. The topological polar surface area (TPSA) is 81.1 Å². The molecule has 6 nitrogen and oxygen atoms in total. The van der Waals surface area contributed by atoms with Gasteiger partial charge in [-0.25, -0.2) is 9.59 Å². The quantitative estimate of drug-likeness (QED) is 0.794. The van der Waals surface area contributed by atoms with E-state index in [9.17, 15) is 19.8 Å². The van der Waals surface area contributed by atoms with Crippen molar-refractivity contribution in [3.05, 3.63) is 0 Å². The van der Waals surface area contributed by atoms with Gasteiger partial charge < -0.3 is 15.1 Å². The first-order valence-corrected chi connectivity index (χ1v) is 7.52. The number of aliphatic hydroxyl groups excluding tert-OH is 1. The summed E-state index contributed by atoms with van der Waals surface area (Å²) in [7, 11) is 1.60. The predicted octanol–water partition coefficient (Wildman–Crippen LogP) is 0.657. The number of carboxylic acids is 1. The Morgan fingerprint density at radius 3 is 2.58 bits per heavy atom. The Bertz CT molecular complexity index is 373. The van der Waals surface area contributed by atoms with Crippen molar-refractivity contribution in [2.75, 3.05) is 19.3 Å². The molecule has 1 aliphatic heterocycles. The molecule has 7 heteroatoms. The van der Waals surface area contributed by atoms with Crippen molar-refractivity contribution in [2.45, 2.75) is 37.3 Å². The Balaban J connectivity index is 2.11. The third kappa shape index (κ3) is 3.14. The molecule has 2 N–H and O–H groups in total. The predicted molar refractivity (Wildman–Crippen MR) is 71.9 cm³/mol. The standard InChI is InChI=1S/C12H20N2O4S/c1-7(15)5-13(2)12(18)14-9(11(16)17)6-19-10(14)8-3-4-8/h7-10,15H,3-6H2,1-2H3,(H,16,17). The zero-order valence-corrected chi connectivity index (χ0v) is 12.0. The molecule has 0 bridgehead atoms. The van der Waals surface area contributed by atoms with Crippen LogP contribution >= 0.6 is 11.8 Å². The van der Waals surface area contributed by atoms with Crippen LogP contribution < -0.4 is 0 Å². The van der Waals surface area contributed by atoms with Crippen LogP contribution in [0.3, 0.4) is 0 Å². The molecule has 0 aromatic rings. The van der Waals surface area contributed by atoms with Gasteiger partial charge in [-0.3, -0.25) is 4.90 Å². The third-order valence-electron chi connectivity index (χ3n) is 3.43. The molecule has 2 rings (SSSR count). The Kier molecular flexibility index (Phi) is 4.25. The number of carbonyl (C=O) groups is 2.